The number of benzene rings is 1. The minimum absolute atomic E-state index is 0.0627. The van der Waals surface area contributed by atoms with Gasteiger partial charge in [0, 0.05) is 24.5 Å². The third kappa shape index (κ3) is 3.49. The fourth-order valence-electron chi connectivity index (χ4n) is 3.72. The number of carbonyl (C=O) groups is 1. The number of piperidine rings is 3. The molecule has 3 fully saturated rings. The summed E-state index contributed by atoms with van der Waals surface area (Å²) in [4.78, 5) is 18.7. The Morgan fingerprint density at radius 2 is 1.96 bits per heavy atom. The molecule has 3 aliphatic heterocycles. The highest BCUT2D eigenvalue weighted by Gasteiger charge is 2.36. The van der Waals surface area contributed by atoms with Crippen LogP contribution in [0.3, 0.4) is 0 Å². The lowest BCUT2D eigenvalue weighted by Crippen LogP contribution is -2.52. The zero-order valence-electron chi connectivity index (χ0n) is 13.8. The summed E-state index contributed by atoms with van der Waals surface area (Å²) in [6.07, 6.45) is 4.88. The Labute approximate surface area is 145 Å². The Bertz CT molecular complexity index is 761. The number of ether oxygens (including phenoxy) is 1. The van der Waals surface area contributed by atoms with Gasteiger partial charge in [-0.05, 0) is 67.7 Å². The van der Waals surface area contributed by atoms with Gasteiger partial charge in [-0.25, -0.2) is 9.18 Å². The summed E-state index contributed by atoms with van der Waals surface area (Å²) in [6, 6.07) is 7.84. The van der Waals surface area contributed by atoms with Crippen molar-refractivity contribution < 1.29 is 13.9 Å². The third-order valence-electron chi connectivity index (χ3n) is 5.06. The van der Waals surface area contributed by atoms with E-state index >= 15 is 0 Å². The first-order valence-corrected chi connectivity index (χ1v) is 8.59. The fraction of sp³-hybridized carbons (Fsp3) is 0.368. The largest absolute Gasteiger partial charge is 0.444 e. The van der Waals surface area contributed by atoms with Crippen molar-refractivity contribution >= 4 is 11.8 Å². The second kappa shape index (κ2) is 6.80. The van der Waals surface area contributed by atoms with Crippen molar-refractivity contribution in [3.63, 3.8) is 0 Å². The molecule has 4 heterocycles. The Hall–Kier alpha value is -2.47. The van der Waals surface area contributed by atoms with Gasteiger partial charge in [0.1, 0.15) is 11.9 Å². The van der Waals surface area contributed by atoms with Crippen LogP contribution in [0.25, 0.3) is 11.1 Å². The number of fused-ring (bicyclic) bond motifs is 3. The number of amides is 1. The van der Waals surface area contributed by atoms with E-state index < -0.39 is 6.09 Å². The molecule has 1 atom stereocenters. The summed E-state index contributed by atoms with van der Waals surface area (Å²) < 4.78 is 19.3. The van der Waals surface area contributed by atoms with Crippen LogP contribution in [0.15, 0.2) is 42.7 Å². The Kier molecular flexibility index (Phi) is 4.36. The molecule has 0 aliphatic carbocycles. The first kappa shape index (κ1) is 16.0. The number of pyridine rings is 1. The lowest BCUT2D eigenvalue weighted by molar-refractivity contribution is -0.0289. The molecule has 1 aromatic heterocycles. The van der Waals surface area contributed by atoms with Gasteiger partial charge in [0.05, 0.1) is 5.69 Å². The van der Waals surface area contributed by atoms with Gasteiger partial charge in [0.2, 0.25) is 0 Å². The smallest absolute Gasteiger partial charge is 0.411 e. The first-order chi connectivity index (χ1) is 12.2. The van der Waals surface area contributed by atoms with E-state index in [1.54, 1.807) is 30.6 Å². The van der Waals surface area contributed by atoms with Gasteiger partial charge in [-0.1, -0.05) is 0 Å². The summed E-state index contributed by atoms with van der Waals surface area (Å²) in [5.74, 6) is 0.0896. The molecule has 0 unspecified atom stereocenters. The van der Waals surface area contributed by atoms with Crippen LogP contribution in [0.5, 0.6) is 0 Å². The predicted molar refractivity (Wildman–Crippen MR) is 92.7 cm³/mol. The second-order valence-corrected chi connectivity index (χ2v) is 6.63. The lowest BCUT2D eigenvalue weighted by Gasteiger charge is -2.43. The number of rotatable bonds is 3. The highest BCUT2D eigenvalue weighted by atomic mass is 19.1. The Morgan fingerprint density at radius 1 is 1.20 bits per heavy atom. The second-order valence-electron chi connectivity index (χ2n) is 6.63. The van der Waals surface area contributed by atoms with Gasteiger partial charge >= 0.3 is 6.09 Å². The molecule has 3 saturated heterocycles. The number of aromatic nitrogens is 1. The van der Waals surface area contributed by atoms with E-state index in [0.29, 0.717) is 17.2 Å². The number of hydrogen-bond acceptors (Lipinski definition) is 4. The van der Waals surface area contributed by atoms with Crippen LogP contribution in [0.1, 0.15) is 12.8 Å². The van der Waals surface area contributed by atoms with Crippen LogP contribution >= 0.6 is 0 Å². The highest BCUT2D eigenvalue weighted by Crippen LogP contribution is 2.31. The van der Waals surface area contributed by atoms with Crippen molar-refractivity contribution in [1.29, 1.82) is 0 Å². The number of nitrogens with one attached hydrogen (secondary N) is 1. The van der Waals surface area contributed by atoms with Crippen molar-refractivity contribution in [2.75, 3.05) is 25.0 Å². The SMILES string of the molecule is O=C(Nc1ccc(F)cc1-c1ccncc1)O[C@H]1CN2CCC1CC2. The predicted octanol–water partition coefficient (Wildman–Crippen LogP) is 3.53. The van der Waals surface area contributed by atoms with Gasteiger partial charge in [-0.15, -0.1) is 0 Å². The minimum Gasteiger partial charge on any atom is -0.444 e. The topological polar surface area (TPSA) is 54.5 Å². The number of hydrogen-bond donors (Lipinski definition) is 1. The zero-order chi connectivity index (χ0) is 17.2. The van der Waals surface area contributed by atoms with Gasteiger partial charge in [0.25, 0.3) is 0 Å². The van der Waals surface area contributed by atoms with E-state index in [-0.39, 0.29) is 11.9 Å². The molecule has 5 nitrogen and oxygen atoms in total. The van der Waals surface area contributed by atoms with E-state index in [2.05, 4.69) is 15.2 Å². The molecule has 130 valence electrons. The van der Waals surface area contributed by atoms with Crippen molar-refractivity contribution in [2.45, 2.75) is 18.9 Å². The molecule has 3 aliphatic rings. The summed E-state index contributed by atoms with van der Waals surface area (Å²) in [5, 5.41) is 2.78. The fourth-order valence-corrected chi connectivity index (χ4v) is 3.72. The Balaban J connectivity index is 1.50. The number of carbonyl (C=O) groups excluding carboxylic acids is 1. The van der Waals surface area contributed by atoms with Crippen molar-refractivity contribution in [3.05, 3.63) is 48.5 Å². The van der Waals surface area contributed by atoms with Gasteiger partial charge in [-0.3, -0.25) is 15.2 Å². The normalized spacial score (nSPS) is 24.8. The lowest BCUT2D eigenvalue weighted by atomic mass is 9.86. The molecule has 2 bridgehead atoms. The molecule has 1 N–H and O–H groups in total. The van der Waals surface area contributed by atoms with Gasteiger partial charge in [-0.2, -0.15) is 0 Å². The van der Waals surface area contributed by atoms with Crippen LogP contribution in [-0.4, -0.2) is 41.7 Å². The molecular weight excluding hydrogens is 321 g/mol. The van der Waals surface area contributed by atoms with Crippen LogP contribution in [0, 0.1) is 11.7 Å². The van der Waals surface area contributed by atoms with E-state index in [0.717, 1.165) is 38.0 Å². The molecule has 1 aromatic carbocycles. The van der Waals surface area contributed by atoms with E-state index in [4.69, 9.17) is 4.74 Å². The molecule has 6 heteroatoms. The molecular formula is C19H20FN3O2. The first-order valence-electron chi connectivity index (χ1n) is 8.59. The van der Waals surface area contributed by atoms with Crippen LogP contribution in [-0.2, 0) is 4.74 Å². The average molecular weight is 341 g/mol. The van der Waals surface area contributed by atoms with Crippen molar-refractivity contribution in [3.8, 4) is 11.1 Å². The standard InChI is InChI=1S/C19H20FN3O2/c20-15-1-2-17(16(11-15)13-3-7-21-8-4-13)22-19(24)25-18-12-23-9-5-14(18)6-10-23/h1-4,7-8,11,14,18H,5-6,9-10,12H2,(H,22,24)/t18-/m0/s1. The molecule has 1 amide bonds. The number of nitrogens with zero attached hydrogens (tertiary/aromatic N) is 2. The average Bonchev–Trinajstić information content (AvgIpc) is 2.65. The maximum atomic E-state index is 13.7. The maximum Gasteiger partial charge on any atom is 0.411 e. The van der Waals surface area contributed by atoms with Crippen LogP contribution in [0.2, 0.25) is 0 Å². The summed E-state index contributed by atoms with van der Waals surface area (Å²) >= 11 is 0. The van der Waals surface area contributed by atoms with Gasteiger partial charge in [0.15, 0.2) is 0 Å². The number of halogens is 1. The zero-order valence-corrected chi connectivity index (χ0v) is 13.8. The third-order valence-corrected chi connectivity index (χ3v) is 5.06. The summed E-state index contributed by atoms with van der Waals surface area (Å²) in [5.41, 5.74) is 1.92. The van der Waals surface area contributed by atoms with Crippen molar-refractivity contribution in [1.82, 2.24) is 9.88 Å². The van der Waals surface area contributed by atoms with E-state index in [9.17, 15) is 9.18 Å². The highest BCUT2D eigenvalue weighted by molar-refractivity contribution is 5.91. The summed E-state index contributed by atoms with van der Waals surface area (Å²) in [6.45, 7) is 2.99. The minimum atomic E-state index is -0.485. The molecule has 0 saturated carbocycles. The Morgan fingerprint density at radius 3 is 2.64 bits per heavy atom. The van der Waals surface area contributed by atoms with Crippen molar-refractivity contribution in [2.24, 2.45) is 5.92 Å². The van der Waals surface area contributed by atoms with Gasteiger partial charge < -0.3 is 4.74 Å². The van der Waals surface area contributed by atoms with E-state index in [1.807, 2.05) is 0 Å². The van der Waals surface area contributed by atoms with Crippen LogP contribution in [0.4, 0.5) is 14.9 Å². The molecule has 25 heavy (non-hydrogen) atoms. The van der Waals surface area contributed by atoms with Crippen LogP contribution < -0.4 is 5.32 Å². The summed E-state index contributed by atoms with van der Waals surface area (Å²) in [7, 11) is 0. The monoisotopic (exact) mass is 341 g/mol. The maximum absolute atomic E-state index is 13.7. The number of anilines is 1. The quantitative estimate of drug-likeness (QED) is 0.928. The molecule has 0 spiro atoms. The molecule has 0 radical (unpaired) electrons. The molecule has 2 aromatic rings. The molecule has 5 rings (SSSR count). The van der Waals surface area contributed by atoms with E-state index in [1.165, 1.54) is 12.1 Å².